The van der Waals surface area contributed by atoms with Crippen LogP contribution in [0.15, 0.2) is 12.7 Å². The van der Waals surface area contributed by atoms with E-state index in [4.69, 9.17) is 10.8 Å². The maximum atomic E-state index is 10.8. The molecule has 0 fully saturated rings. The molecule has 0 aromatic carbocycles. The monoisotopic (exact) mass is 173 g/mol. The highest BCUT2D eigenvalue weighted by Crippen LogP contribution is 1.93. The molecule has 3 N–H and O–H groups in total. The van der Waals surface area contributed by atoms with E-state index in [9.17, 15) is 9.59 Å². The van der Waals surface area contributed by atoms with Gasteiger partial charge >= 0.3 is 11.9 Å². The molecule has 0 radical (unpaired) electrons. The summed E-state index contributed by atoms with van der Waals surface area (Å²) in [7, 11) is 0. The standard InChI is InChI=1S/C7H11NO4/c1-3-5(10)12-7(11)6(8)4(2)9/h3-4,6,9H,1,8H2,2H3/t4-,6+/m1/s1. The van der Waals surface area contributed by atoms with Gasteiger partial charge in [-0.2, -0.15) is 0 Å². The van der Waals surface area contributed by atoms with Crippen molar-refractivity contribution >= 4 is 11.9 Å². The van der Waals surface area contributed by atoms with Crippen molar-refractivity contribution in [2.24, 2.45) is 5.73 Å². The lowest BCUT2D eigenvalue weighted by Crippen LogP contribution is -2.42. The first-order chi connectivity index (χ1) is 5.49. The fraction of sp³-hybridized carbons (Fsp3) is 0.429. The van der Waals surface area contributed by atoms with Crippen LogP contribution in [0.5, 0.6) is 0 Å². The van der Waals surface area contributed by atoms with Gasteiger partial charge in [0.15, 0.2) is 0 Å². The summed E-state index contributed by atoms with van der Waals surface area (Å²) in [5.41, 5.74) is 5.15. The Balaban J connectivity index is 4.04. The molecule has 0 saturated heterocycles. The smallest absolute Gasteiger partial charge is 0.337 e. The summed E-state index contributed by atoms with van der Waals surface area (Å²) in [4.78, 5) is 21.2. The third-order valence-electron chi connectivity index (χ3n) is 1.16. The number of carbonyl (C=O) groups excluding carboxylic acids is 2. The zero-order chi connectivity index (χ0) is 9.72. The van der Waals surface area contributed by atoms with Gasteiger partial charge in [0.2, 0.25) is 0 Å². The number of nitrogens with two attached hydrogens (primary N) is 1. The lowest BCUT2D eigenvalue weighted by atomic mass is 10.2. The summed E-state index contributed by atoms with van der Waals surface area (Å²) in [6, 6.07) is -1.20. The van der Waals surface area contributed by atoms with Crippen LogP contribution in [0, 0.1) is 0 Å². The molecule has 5 heteroatoms. The van der Waals surface area contributed by atoms with Crippen LogP contribution in [0.1, 0.15) is 6.92 Å². The van der Waals surface area contributed by atoms with Crippen LogP contribution in [-0.2, 0) is 14.3 Å². The Kier molecular flexibility index (Phi) is 4.17. The molecule has 0 aliphatic rings. The predicted molar refractivity (Wildman–Crippen MR) is 41.0 cm³/mol. The van der Waals surface area contributed by atoms with Crippen LogP contribution < -0.4 is 5.73 Å². The molecule has 68 valence electrons. The van der Waals surface area contributed by atoms with Gasteiger partial charge in [-0.25, -0.2) is 9.59 Å². The quantitative estimate of drug-likeness (QED) is 0.323. The van der Waals surface area contributed by atoms with E-state index in [0.29, 0.717) is 0 Å². The number of aliphatic hydroxyl groups is 1. The number of ether oxygens (including phenoxy) is 1. The van der Waals surface area contributed by atoms with Crippen molar-refractivity contribution in [3.8, 4) is 0 Å². The molecule has 0 aliphatic carbocycles. The van der Waals surface area contributed by atoms with Crippen molar-refractivity contribution < 1.29 is 19.4 Å². The molecule has 0 heterocycles. The van der Waals surface area contributed by atoms with Gasteiger partial charge in [0.1, 0.15) is 6.04 Å². The Hall–Kier alpha value is -1.20. The van der Waals surface area contributed by atoms with Crippen LogP contribution in [0.4, 0.5) is 0 Å². The van der Waals surface area contributed by atoms with Gasteiger partial charge in [0.25, 0.3) is 0 Å². The number of hydrogen-bond donors (Lipinski definition) is 2. The van der Waals surface area contributed by atoms with Crippen molar-refractivity contribution in [2.45, 2.75) is 19.1 Å². The molecule has 0 bridgehead atoms. The van der Waals surface area contributed by atoms with E-state index in [0.717, 1.165) is 6.08 Å². The molecule has 0 spiro atoms. The first-order valence-corrected chi connectivity index (χ1v) is 3.30. The Bertz CT molecular complexity index is 200. The average molecular weight is 173 g/mol. The summed E-state index contributed by atoms with van der Waals surface area (Å²) in [5, 5.41) is 8.81. The first kappa shape index (κ1) is 10.8. The second-order valence-electron chi connectivity index (χ2n) is 2.21. The van der Waals surface area contributed by atoms with E-state index in [-0.39, 0.29) is 0 Å². The van der Waals surface area contributed by atoms with E-state index in [1.165, 1.54) is 6.92 Å². The maximum absolute atomic E-state index is 10.8. The number of carbonyl (C=O) groups is 2. The molecular formula is C7H11NO4. The minimum absolute atomic E-state index is 0.840. The minimum atomic E-state index is -1.20. The van der Waals surface area contributed by atoms with Crippen molar-refractivity contribution in [3.63, 3.8) is 0 Å². The summed E-state index contributed by atoms with van der Waals surface area (Å²) < 4.78 is 4.14. The molecule has 0 saturated carbocycles. The molecule has 0 aliphatic heterocycles. The third kappa shape index (κ3) is 3.27. The van der Waals surface area contributed by atoms with E-state index in [1.807, 2.05) is 0 Å². The zero-order valence-corrected chi connectivity index (χ0v) is 6.69. The molecule has 2 atom stereocenters. The second-order valence-corrected chi connectivity index (χ2v) is 2.21. The van der Waals surface area contributed by atoms with Crippen LogP contribution in [0.2, 0.25) is 0 Å². The number of rotatable bonds is 3. The molecule has 5 nitrogen and oxygen atoms in total. The number of aliphatic hydroxyl groups excluding tert-OH is 1. The zero-order valence-electron chi connectivity index (χ0n) is 6.69. The fourth-order valence-electron chi connectivity index (χ4n) is 0.406. The number of hydrogen-bond acceptors (Lipinski definition) is 5. The van der Waals surface area contributed by atoms with Gasteiger partial charge < -0.3 is 15.6 Å². The molecule has 0 rings (SSSR count). The normalized spacial score (nSPS) is 14.6. The van der Waals surface area contributed by atoms with Gasteiger partial charge in [0.05, 0.1) is 6.10 Å². The summed E-state index contributed by atoms with van der Waals surface area (Å²) >= 11 is 0. The van der Waals surface area contributed by atoms with Crippen molar-refractivity contribution in [2.75, 3.05) is 0 Å². The highest BCUT2D eigenvalue weighted by molar-refractivity contribution is 5.93. The van der Waals surface area contributed by atoms with Crippen LogP contribution >= 0.6 is 0 Å². The van der Waals surface area contributed by atoms with Gasteiger partial charge in [0, 0.05) is 6.08 Å². The first-order valence-electron chi connectivity index (χ1n) is 3.30. The topological polar surface area (TPSA) is 89.6 Å². The highest BCUT2D eigenvalue weighted by Gasteiger charge is 2.21. The fourth-order valence-corrected chi connectivity index (χ4v) is 0.406. The molecule has 0 unspecified atom stereocenters. The van der Waals surface area contributed by atoms with Gasteiger partial charge in [-0.1, -0.05) is 6.58 Å². The van der Waals surface area contributed by atoms with Gasteiger partial charge in [-0.3, -0.25) is 0 Å². The van der Waals surface area contributed by atoms with Crippen molar-refractivity contribution in [1.29, 1.82) is 0 Å². The number of esters is 2. The largest absolute Gasteiger partial charge is 0.391 e. The molecule has 12 heavy (non-hydrogen) atoms. The third-order valence-corrected chi connectivity index (χ3v) is 1.16. The maximum Gasteiger partial charge on any atom is 0.337 e. The predicted octanol–water partition coefficient (Wildman–Crippen LogP) is -1.05. The highest BCUT2D eigenvalue weighted by atomic mass is 16.6. The van der Waals surface area contributed by atoms with E-state index < -0.39 is 24.1 Å². The van der Waals surface area contributed by atoms with Gasteiger partial charge in [-0.15, -0.1) is 0 Å². The SMILES string of the molecule is C=CC(=O)OC(=O)[C@@H](N)[C@@H](C)O. The second kappa shape index (κ2) is 4.63. The van der Waals surface area contributed by atoms with Crippen LogP contribution in [0.25, 0.3) is 0 Å². The summed E-state index contributed by atoms with van der Waals surface area (Å²) in [5.74, 6) is -1.84. The molecular weight excluding hydrogens is 162 g/mol. The lowest BCUT2D eigenvalue weighted by Gasteiger charge is -2.11. The Morgan fingerprint density at radius 2 is 2.17 bits per heavy atom. The van der Waals surface area contributed by atoms with Crippen LogP contribution in [0.3, 0.4) is 0 Å². The lowest BCUT2D eigenvalue weighted by molar-refractivity contribution is -0.158. The molecule has 0 amide bonds. The molecule has 0 aromatic heterocycles. The Morgan fingerprint density at radius 3 is 2.50 bits per heavy atom. The molecule has 0 aromatic rings. The average Bonchev–Trinajstić information content (AvgIpc) is 2.02. The van der Waals surface area contributed by atoms with E-state index in [1.54, 1.807) is 0 Å². The van der Waals surface area contributed by atoms with Gasteiger partial charge in [-0.05, 0) is 6.92 Å². The summed E-state index contributed by atoms with van der Waals surface area (Å²) in [6.07, 6.45) is -0.206. The Morgan fingerprint density at radius 1 is 1.67 bits per heavy atom. The summed E-state index contributed by atoms with van der Waals surface area (Å²) in [6.45, 7) is 4.41. The van der Waals surface area contributed by atoms with E-state index >= 15 is 0 Å². The van der Waals surface area contributed by atoms with Crippen molar-refractivity contribution in [1.82, 2.24) is 0 Å². The minimum Gasteiger partial charge on any atom is -0.391 e. The van der Waals surface area contributed by atoms with Crippen molar-refractivity contribution in [3.05, 3.63) is 12.7 Å². The van der Waals surface area contributed by atoms with E-state index in [2.05, 4.69) is 11.3 Å². The Labute approximate surface area is 69.8 Å². The van der Waals surface area contributed by atoms with Crippen LogP contribution in [-0.4, -0.2) is 29.2 Å².